The van der Waals surface area contributed by atoms with Crippen molar-refractivity contribution in [1.82, 2.24) is 0 Å². The van der Waals surface area contributed by atoms with Gasteiger partial charge in [0.2, 0.25) is 20.0 Å². The van der Waals surface area contributed by atoms with E-state index in [1.165, 1.54) is 30.3 Å². The van der Waals surface area contributed by atoms with Gasteiger partial charge >= 0.3 is 10.1 Å². The highest BCUT2D eigenvalue weighted by atomic mass is 35.5. The van der Waals surface area contributed by atoms with Gasteiger partial charge in [-0.2, -0.15) is 12.1 Å². The zero-order chi connectivity index (χ0) is 19.2. The first-order valence-corrected chi connectivity index (χ1v) is 12.4. The molecule has 0 unspecified atom stereocenters. The summed E-state index contributed by atoms with van der Waals surface area (Å²) in [5.41, 5.74) is -0.169. The van der Waals surface area contributed by atoms with Gasteiger partial charge in [-0.25, -0.2) is 16.8 Å². The minimum atomic E-state index is -4.17. The Kier molecular flexibility index (Phi) is 4.99. The summed E-state index contributed by atoms with van der Waals surface area (Å²) in [6.07, 6.45) is 2.32. The van der Waals surface area contributed by atoms with Crippen molar-refractivity contribution in [2.75, 3.05) is 22.5 Å². The van der Waals surface area contributed by atoms with Crippen LogP contribution in [0, 0.1) is 0 Å². The summed E-state index contributed by atoms with van der Waals surface area (Å²) in [4.78, 5) is 0. The molecular weight excluding hydrogens is 414 g/mol. The number of rotatable bonds is 5. The smallest absolute Gasteiger partial charge is 0.306 e. The van der Waals surface area contributed by atoms with E-state index in [4.69, 9.17) is 15.8 Å². The molecule has 0 aromatic heterocycles. The second-order valence-corrected chi connectivity index (χ2v) is 11.1. The summed E-state index contributed by atoms with van der Waals surface area (Å²) in [5, 5.41) is 0.259. The Bertz CT molecular complexity index is 1120. The molecule has 0 aliphatic carbocycles. The van der Waals surface area contributed by atoms with Crippen LogP contribution in [0.4, 0.5) is 5.69 Å². The Morgan fingerprint density at radius 2 is 1.40 bits per heavy atom. The van der Waals surface area contributed by atoms with Crippen LogP contribution in [0.3, 0.4) is 0 Å². The fourth-order valence-electron chi connectivity index (χ4n) is 2.29. The fourth-order valence-corrected chi connectivity index (χ4v) is 6.02. The van der Waals surface area contributed by atoms with E-state index in [1.807, 2.05) is 0 Å². The van der Waals surface area contributed by atoms with Gasteiger partial charge in [-0.1, -0.05) is 29.8 Å². The number of hydrogen-bond donors (Lipinski definition) is 0. The Labute approximate surface area is 151 Å². The van der Waals surface area contributed by atoms with Gasteiger partial charge in [0.25, 0.3) is 0 Å². The van der Waals surface area contributed by atoms with Crippen LogP contribution in [0.1, 0.15) is 0 Å². The Morgan fingerprint density at radius 3 is 1.88 bits per heavy atom. The van der Waals surface area contributed by atoms with Gasteiger partial charge < -0.3 is 4.18 Å². The summed E-state index contributed by atoms with van der Waals surface area (Å²) in [5.74, 6) is -0.217. The topological polar surface area (TPSA) is 115 Å². The molecule has 8 nitrogen and oxygen atoms in total. The monoisotopic (exact) mass is 427 g/mol. The average molecular weight is 428 g/mol. The largest absolute Gasteiger partial charge is 0.380 e. The summed E-state index contributed by atoms with van der Waals surface area (Å²) in [6, 6.07) is 6.76. The van der Waals surface area contributed by atoms with Crippen molar-refractivity contribution in [3.05, 3.63) is 35.4 Å². The quantitative estimate of drug-likeness (QED) is 0.665. The number of sulfonamides is 2. The van der Waals surface area contributed by atoms with Crippen LogP contribution >= 0.6 is 11.6 Å². The molecule has 0 spiro atoms. The van der Waals surface area contributed by atoms with Crippen molar-refractivity contribution in [2.45, 2.75) is 0 Å². The van der Waals surface area contributed by atoms with E-state index in [-0.39, 0.29) is 30.9 Å². The molecule has 25 heavy (non-hydrogen) atoms. The van der Waals surface area contributed by atoms with Crippen LogP contribution in [0.15, 0.2) is 30.3 Å². The summed E-state index contributed by atoms with van der Waals surface area (Å²) in [6.45, 7) is 0. The van der Waals surface area contributed by atoms with Crippen LogP contribution in [-0.2, 0) is 30.2 Å². The molecule has 0 radical (unpaired) electrons. The first kappa shape index (κ1) is 19.8. The molecular formula is C13H14ClNO7S3. The Morgan fingerprint density at radius 1 is 0.840 bits per heavy atom. The number of benzene rings is 2. The van der Waals surface area contributed by atoms with Crippen molar-refractivity contribution in [1.29, 1.82) is 0 Å². The molecule has 0 aliphatic heterocycles. The van der Waals surface area contributed by atoms with Gasteiger partial charge in [-0.3, -0.25) is 0 Å². The third kappa shape index (κ3) is 4.35. The minimum Gasteiger partial charge on any atom is -0.380 e. The van der Waals surface area contributed by atoms with Crippen LogP contribution in [-0.4, -0.2) is 44.0 Å². The normalized spacial score (nSPS) is 13.0. The summed E-state index contributed by atoms with van der Waals surface area (Å²) in [7, 11) is -12.3. The van der Waals surface area contributed by atoms with Crippen LogP contribution in [0.25, 0.3) is 10.8 Å². The fraction of sp³-hybridized carbons (Fsp3) is 0.231. The lowest BCUT2D eigenvalue weighted by atomic mass is 10.1. The molecule has 0 atom stereocenters. The van der Waals surface area contributed by atoms with Gasteiger partial charge in [0.15, 0.2) is 5.75 Å². The van der Waals surface area contributed by atoms with Crippen LogP contribution < -0.4 is 7.89 Å². The van der Waals surface area contributed by atoms with Crippen molar-refractivity contribution in [3.63, 3.8) is 0 Å². The first-order valence-electron chi connectivity index (χ1n) is 6.53. The minimum absolute atomic E-state index is 0.0275. The SMILES string of the molecule is CS(=O)(=O)Oc1c(Cl)ccc2c(N(S(C)(=O)=O)S(C)(=O)=O)cccc12. The lowest BCUT2D eigenvalue weighted by Crippen LogP contribution is -2.35. The van der Waals surface area contributed by atoms with E-state index in [0.29, 0.717) is 0 Å². The number of hydrogen-bond acceptors (Lipinski definition) is 7. The van der Waals surface area contributed by atoms with Crippen molar-refractivity contribution >= 4 is 58.2 Å². The molecule has 2 aromatic carbocycles. The standard InChI is InChI=1S/C13H14ClNO7S3/c1-23(16,17)15(24(2,18)19)12-6-4-5-10-9(12)7-8-11(14)13(10)22-25(3,20)21/h4-8H,1-3H3. The summed E-state index contributed by atoms with van der Waals surface area (Å²) < 4.78 is 76.0. The number of fused-ring (bicyclic) bond motifs is 1. The number of halogens is 1. The molecule has 0 aliphatic rings. The molecule has 0 amide bonds. The number of nitrogens with zero attached hydrogens (tertiary/aromatic N) is 1. The van der Waals surface area contributed by atoms with Crippen molar-refractivity contribution < 1.29 is 29.4 Å². The van der Waals surface area contributed by atoms with Crippen LogP contribution in [0.2, 0.25) is 5.02 Å². The average Bonchev–Trinajstić information content (AvgIpc) is 2.38. The zero-order valence-corrected chi connectivity index (χ0v) is 16.5. The van der Waals surface area contributed by atoms with Gasteiger partial charge in [0.05, 0.1) is 29.5 Å². The molecule has 0 heterocycles. The third-order valence-corrected chi connectivity index (χ3v) is 6.96. The van der Waals surface area contributed by atoms with Crippen LogP contribution in [0.5, 0.6) is 5.75 Å². The predicted molar refractivity (Wildman–Crippen MR) is 96.6 cm³/mol. The number of anilines is 1. The first-order chi connectivity index (χ1) is 11.2. The van der Waals surface area contributed by atoms with Gasteiger partial charge in [0.1, 0.15) is 0 Å². The van der Waals surface area contributed by atoms with Gasteiger partial charge in [-0.15, -0.1) is 0 Å². The molecule has 138 valence electrons. The molecule has 2 rings (SSSR count). The molecule has 0 N–H and O–H groups in total. The molecule has 0 saturated carbocycles. The third-order valence-electron chi connectivity index (χ3n) is 2.97. The second kappa shape index (κ2) is 6.31. The van der Waals surface area contributed by atoms with Gasteiger partial charge in [0, 0.05) is 10.8 Å². The maximum Gasteiger partial charge on any atom is 0.306 e. The maximum atomic E-state index is 12.0. The highest BCUT2D eigenvalue weighted by Gasteiger charge is 2.29. The highest BCUT2D eigenvalue weighted by Crippen LogP contribution is 2.39. The molecule has 0 fully saturated rings. The van der Waals surface area contributed by atoms with E-state index in [0.717, 1.165) is 18.8 Å². The lowest BCUT2D eigenvalue weighted by Gasteiger charge is -2.22. The van der Waals surface area contributed by atoms with E-state index in [9.17, 15) is 25.3 Å². The predicted octanol–water partition coefficient (Wildman–Crippen LogP) is 1.56. The molecule has 0 bridgehead atoms. The Hall–Kier alpha value is -1.56. The van der Waals surface area contributed by atoms with Crippen molar-refractivity contribution in [3.8, 4) is 5.75 Å². The van der Waals surface area contributed by atoms with E-state index in [1.54, 1.807) is 0 Å². The summed E-state index contributed by atoms with van der Waals surface area (Å²) >= 11 is 5.98. The van der Waals surface area contributed by atoms with Gasteiger partial charge in [-0.05, 0) is 12.1 Å². The lowest BCUT2D eigenvalue weighted by molar-refractivity contribution is 0.495. The highest BCUT2D eigenvalue weighted by molar-refractivity contribution is 8.09. The maximum absolute atomic E-state index is 12.0. The molecule has 12 heteroatoms. The molecule has 0 saturated heterocycles. The van der Waals surface area contributed by atoms with E-state index < -0.39 is 30.2 Å². The molecule has 2 aromatic rings. The van der Waals surface area contributed by atoms with E-state index in [2.05, 4.69) is 0 Å². The van der Waals surface area contributed by atoms with E-state index >= 15 is 0 Å². The Balaban J connectivity index is 2.92. The van der Waals surface area contributed by atoms with Crippen molar-refractivity contribution in [2.24, 2.45) is 0 Å². The zero-order valence-electron chi connectivity index (χ0n) is 13.3. The second-order valence-electron chi connectivity index (χ2n) is 5.26.